The lowest BCUT2D eigenvalue weighted by molar-refractivity contribution is 0.0979. The molecule has 0 aliphatic heterocycles. The van der Waals surface area contributed by atoms with E-state index in [4.69, 9.17) is 0 Å². The first-order valence-electron chi connectivity index (χ1n) is 6.57. The number of Topliss-reactive ketones (excluding diaryl/α,β-unsaturated/α-hetero) is 1. The normalized spacial score (nSPS) is 11.7. The Hall–Kier alpha value is -1.15. The molecule has 0 fully saturated rings. The van der Waals surface area contributed by atoms with Gasteiger partial charge < -0.3 is 5.32 Å². The molecule has 0 aliphatic carbocycles. The molecule has 0 radical (unpaired) electrons. The summed E-state index contributed by atoms with van der Waals surface area (Å²) < 4.78 is 0. The molecule has 0 aliphatic rings. The van der Waals surface area contributed by atoms with Crippen LogP contribution in [0.2, 0.25) is 0 Å². The number of ketones is 1. The summed E-state index contributed by atoms with van der Waals surface area (Å²) in [6, 6.07) is 4.16. The van der Waals surface area contributed by atoms with Gasteiger partial charge in [0.1, 0.15) is 0 Å². The van der Waals surface area contributed by atoms with E-state index in [2.05, 4.69) is 45.1 Å². The van der Waals surface area contributed by atoms with Gasteiger partial charge in [-0.25, -0.2) is 0 Å². The standard InChI is InChI=1S/C16H25NO/c1-11-9-12(2)15(13(3)10-11)14(18)7-8-17-16(4,5)6/h9-10,17H,7-8H2,1-6H3. The summed E-state index contributed by atoms with van der Waals surface area (Å²) >= 11 is 0. The fourth-order valence-corrected chi connectivity index (χ4v) is 2.30. The molecule has 0 aromatic heterocycles. The third-order valence-corrected chi connectivity index (χ3v) is 2.96. The van der Waals surface area contributed by atoms with E-state index < -0.39 is 0 Å². The zero-order valence-electron chi connectivity index (χ0n) is 12.5. The second kappa shape index (κ2) is 5.66. The monoisotopic (exact) mass is 247 g/mol. The first-order chi connectivity index (χ1) is 8.20. The summed E-state index contributed by atoms with van der Waals surface area (Å²) in [6.07, 6.45) is 0.558. The Morgan fingerprint density at radius 1 is 1.11 bits per heavy atom. The van der Waals surface area contributed by atoms with Gasteiger partial charge >= 0.3 is 0 Å². The molecule has 0 atom stereocenters. The molecule has 1 N–H and O–H groups in total. The Balaban J connectivity index is 2.74. The molecule has 2 heteroatoms. The van der Waals surface area contributed by atoms with Crippen LogP contribution in [-0.2, 0) is 0 Å². The van der Waals surface area contributed by atoms with E-state index in [1.807, 2.05) is 13.8 Å². The third-order valence-electron chi connectivity index (χ3n) is 2.96. The van der Waals surface area contributed by atoms with Crippen LogP contribution in [0.3, 0.4) is 0 Å². The lowest BCUT2D eigenvalue weighted by Crippen LogP contribution is -2.37. The lowest BCUT2D eigenvalue weighted by atomic mass is 9.95. The molecule has 18 heavy (non-hydrogen) atoms. The number of aryl methyl sites for hydroxylation is 3. The highest BCUT2D eigenvalue weighted by molar-refractivity contribution is 5.99. The Morgan fingerprint density at radius 3 is 2.06 bits per heavy atom. The average Bonchev–Trinajstić information content (AvgIpc) is 2.13. The van der Waals surface area contributed by atoms with Gasteiger partial charge in [-0.1, -0.05) is 17.7 Å². The largest absolute Gasteiger partial charge is 0.312 e. The number of carbonyl (C=O) groups is 1. The summed E-state index contributed by atoms with van der Waals surface area (Å²) in [6.45, 7) is 13.2. The van der Waals surface area contributed by atoms with Crippen LogP contribution in [0.15, 0.2) is 12.1 Å². The van der Waals surface area contributed by atoms with Gasteiger partial charge in [0.2, 0.25) is 0 Å². The predicted octanol–water partition coefficient (Wildman–Crippen LogP) is 3.57. The summed E-state index contributed by atoms with van der Waals surface area (Å²) in [4.78, 5) is 12.2. The lowest BCUT2D eigenvalue weighted by Gasteiger charge is -2.20. The quantitative estimate of drug-likeness (QED) is 0.824. The third kappa shape index (κ3) is 4.26. The van der Waals surface area contributed by atoms with Crippen LogP contribution in [0.5, 0.6) is 0 Å². The Labute approximate surface area is 111 Å². The Morgan fingerprint density at radius 2 is 1.61 bits per heavy atom. The van der Waals surface area contributed by atoms with Crippen LogP contribution in [-0.4, -0.2) is 17.9 Å². The maximum absolute atomic E-state index is 12.2. The molecule has 1 aromatic carbocycles. The number of carbonyl (C=O) groups excluding carboxylic acids is 1. The van der Waals surface area contributed by atoms with Crippen LogP contribution in [0.25, 0.3) is 0 Å². The van der Waals surface area contributed by atoms with Gasteiger partial charge in [-0.05, 0) is 52.7 Å². The van der Waals surface area contributed by atoms with Crippen molar-refractivity contribution >= 4 is 5.78 Å². The van der Waals surface area contributed by atoms with Crippen molar-refractivity contribution in [3.63, 3.8) is 0 Å². The molecule has 0 bridgehead atoms. The first kappa shape index (κ1) is 14.9. The van der Waals surface area contributed by atoms with Crippen LogP contribution < -0.4 is 5.32 Å². The minimum Gasteiger partial charge on any atom is -0.312 e. The van der Waals surface area contributed by atoms with Gasteiger partial charge in [0, 0.05) is 24.1 Å². The van der Waals surface area contributed by atoms with Crippen molar-refractivity contribution in [2.24, 2.45) is 0 Å². The molecule has 0 saturated carbocycles. The number of hydrogen-bond donors (Lipinski definition) is 1. The fourth-order valence-electron chi connectivity index (χ4n) is 2.30. The summed E-state index contributed by atoms with van der Waals surface area (Å²) in [5.74, 6) is 0.238. The molecule has 100 valence electrons. The first-order valence-corrected chi connectivity index (χ1v) is 6.57. The minimum atomic E-state index is 0.0671. The molecule has 0 spiro atoms. The van der Waals surface area contributed by atoms with Crippen LogP contribution in [0, 0.1) is 20.8 Å². The number of nitrogens with one attached hydrogen (secondary N) is 1. The smallest absolute Gasteiger partial charge is 0.164 e. The van der Waals surface area contributed by atoms with Crippen LogP contribution in [0.4, 0.5) is 0 Å². The van der Waals surface area contributed by atoms with Crippen molar-refractivity contribution in [3.05, 3.63) is 34.4 Å². The molecule has 1 rings (SSSR count). The SMILES string of the molecule is Cc1cc(C)c(C(=O)CCNC(C)(C)C)c(C)c1. The molecule has 2 nitrogen and oxygen atoms in total. The average molecular weight is 247 g/mol. The maximum Gasteiger partial charge on any atom is 0.164 e. The van der Waals surface area contributed by atoms with E-state index >= 15 is 0 Å². The zero-order valence-corrected chi connectivity index (χ0v) is 12.5. The van der Waals surface area contributed by atoms with Crippen molar-refractivity contribution < 1.29 is 4.79 Å². The molecule has 0 amide bonds. The molecular formula is C16H25NO. The van der Waals surface area contributed by atoms with Gasteiger partial charge in [-0.3, -0.25) is 4.79 Å². The molecule has 1 aromatic rings. The highest BCUT2D eigenvalue weighted by atomic mass is 16.1. The van der Waals surface area contributed by atoms with E-state index in [-0.39, 0.29) is 11.3 Å². The maximum atomic E-state index is 12.2. The molecule has 0 saturated heterocycles. The zero-order chi connectivity index (χ0) is 13.9. The van der Waals surface area contributed by atoms with Crippen LogP contribution >= 0.6 is 0 Å². The Bertz CT molecular complexity index is 418. The second-order valence-corrected chi connectivity index (χ2v) is 6.12. The van der Waals surface area contributed by atoms with Crippen molar-refractivity contribution in [2.45, 2.75) is 53.5 Å². The van der Waals surface area contributed by atoms with Crippen molar-refractivity contribution in [3.8, 4) is 0 Å². The van der Waals surface area contributed by atoms with Gasteiger partial charge in [-0.2, -0.15) is 0 Å². The van der Waals surface area contributed by atoms with Crippen molar-refractivity contribution in [1.29, 1.82) is 0 Å². The van der Waals surface area contributed by atoms with Gasteiger partial charge in [0.05, 0.1) is 0 Å². The van der Waals surface area contributed by atoms with E-state index in [1.165, 1.54) is 5.56 Å². The summed E-state index contributed by atoms with van der Waals surface area (Å²) in [7, 11) is 0. The molecular weight excluding hydrogens is 222 g/mol. The van der Waals surface area contributed by atoms with Gasteiger partial charge in [-0.15, -0.1) is 0 Å². The van der Waals surface area contributed by atoms with Crippen molar-refractivity contribution in [2.75, 3.05) is 6.54 Å². The van der Waals surface area contributed by atoms with Gasteiger partial charge in [0.15, 0.2) is 5.78 Å². The summed E-state index contributed by atoms with van der Waals surface area (Å²) in [5, 5.41) is 3.35. The highest BCUT2D eigenvalue weighted by Gasteiger charge is 2.14. The van der Waals surface area contributed by atoms with E-state index in [0.717, 1.165) is 23.2 Å². The van der Waals surface area contributed by atoms with E-state index in [9.17, 15) is 4.79 Å². The van der Waals surface area contributed by atoms with Crippen molar-refractivity contribution in [1.82, 2.24) is 5.32 Å². The van der Waals surface area contributed by atoms with Gasteiger partial charge in [0.25, 0.3) is 0 Å². The van der Waals surface area contributed by atoms with E-state index in [1.54, 1.807) is 0 Å². The highest BCUT2D eigenvalue weighted by Crippen LogP contribution is 2.18. The Kier molecular flexibility index (Phi) is 4.69. The number of rotatable bonds is 4. The van der Waals surface area contributed by atoms with Crippen LogP contribution in [0.1, 0.15) is 54.2 Å². The summed E-state index contributed by atoms with van der Waals surface area (Å²) in [5.41, 5.74) is 4.37. The van der Waals surface area contributed by atoms with E-state index in [0.29, 0.717) is 6.42 Å². The second-order valence-electron chi connectivity index (χ2n) is 6.12. The minimum absolute atomic E-state index is 0.0671. The predicted molar refractivity (Wildman–Crippen MR) is 77.4 cm³/mol. The fraction of sp³-hybridized carbons (Fsp3) is 0.562. The molecule has 0 heterocycles. The number of hydrogen-bond acceptors (Lipinski definition) is 2. The number of benzene rings is 1. The topological polar surface area (TPSA) is 29.1 Å². The molecule has 0 unspecified atom stereocenters.